The topological polar surface area (TPSA) is 103 Å². The molecule has 2 atom stereocenters. The number of para-hydroxylation sites is 1. The van der Waals surface area contributed by atoms with Crippen molar-refractivity contribution in [3.63, 3.8) is 0 Å². The minimum absolute atomic E-state index is 0.00111. The highest BCUT2D eigenvalue weighted by molar-refractivity contribution is 5.75. The third-order valence-electron chi connectivity index (χ3n) is 4.10. The summed E-state index contributed by atoms with van der Waals surface area (Å²) in [5, 5.41) is 3.15. The maximum Gasteiger partial charge on any atom is 0.309 e. The van der Waals surface area contributed by atoms with Crippen molar-refractivity contribution in [1.82, 2.24) is 15.0 Å². The van der Waals surface area contributed by atoms with Gasteiger partial charge in [-0.05, 0) is 30.4 Å². The molecule has 1 aromatic heterocycles. The van der Waals surface area contributed by atoms with E-state index in [-0.39, 0.29) is 24.4 Å². The summed E-state index contributed by atoms with van der Waals surface area (Å²) in [6, 6.07) is 7.90. The summed E-state index contributed by atoms with van der Waals surface area (Å²) in [6.07, 6.45) is 1.77. The smallest absolute Gasteiger partial charge is 0.309 e. The Morgan fingerprint density at radius 3 is 2.79 bits per heavy atom. The fourth-order valence-electron chi connectivity index (χ4n) is 2.52. The van der Waals surface area contributed by atoms with Crippen molar-refractivity contribution in [3.8, 4) is 0 Å². The average Bonchev–Trinajstić information content (AvgIpc) is 3.29. The zero-order valence-electron chi connectivity index (χ0n) is 13.8. The Labute approximate surface area is 140 Å². The summed E-state index contributed by atoms with van der Waals surface area (Å²) < 4.78 is 5.25. The first-order valence-electron chi connectivity index (χ1n) is 8.08. The third kappa shape index (κ3) is 3.79. The van der Waals surface area contributed by atoms with Gasteiger partial charge >= 0.3 is 5.97 Å². The van der Waals surface area contributed by atoms with Gasteiger partial charge in [-0.15, -0.1) is 0 Å². The third-order valence-corrected chi connectivity index (χ3v) is 4.10. The molecule has 1 saturated carbocycles. The number of nitrogens with one attached hydrogen (secondary N) is 1. The highest BCUT2D eigenvalue weighted by Crippen LogP contribution is 2.38. The van der Waals surface area contributed by atoms with Gasteiger partial charge in [-0.1, -0.05) is 32.0 Å². The quantitative estimate of drug-likeness (QED) is 0.785. The number of carbonyl (C=O) groups is 1. The minimum atomic E-state index is -0.202. The van der Waals surface area contributed by atoms with Gasteiger partial charge in [-0.3, -0.25) is 4.79 Å². The number of hydrogen-bond acceptors (Lipinski definition) is 7. The second kappa shape index (κ2) is 6.82. The summed E-state index contributed by atoms with van der Waals surface area (Å²) in [6.45, 7) is 4.10. The average molecular weight is 327 g/mol. The Balaban J connectivity index is 1.70. The molecule has 0 bridgehead atoms. The van der Waals surface area contributed by atoms with Crippen LogP contribution in [0.2, 0.25) is 0 Å². The second-order valence-electron chi connectivity index (χ2n) is 6.00. The zero-order chi connectivity index (χ0) is 17.1. The SMILES string of the molecule is CCc1ccccc1Nc1nc(N)nc(COC(=O)[C@@H]2C[C@@H]2C)n1. The fraction of sp³-hybridized carbons (Fsp3) is 0.412. The molecule has 7 nitrogen and oxygen atoms in total. The fourth-order valence-corrected chi connectivity index (χ4v) is 2.52. The number of hydrogen-bond donors (Lipinski definition) is 2. The first kappa shape index (κ1) is 16.2. The molecule has 3 N–H and O–H groups in total. The van der Waals surface area contributed by atoms with Crippen molar-refractivity contribution in [3.05, 3.63) is 35.7 Å². The number of nitrogens with zero attached hydrogens (tertiary/aromatic N) is 3. The highest BCUT2D eigenvalue weighted by Gasteiger charge is 2.40. The molecular formula is C17H21N5O2. The number of anilines is 3. The van der Waals surface area contributed by atoms with Crippen LogP contribution < -0.4 is 11.1 Å². The predicted octanol–water partition coefficient (Wildman–Crippen LogP) is 2.46. The number of carbonyl (C=O) groups excluding carboxylic acids is 1. The molecule has 1 fully saturated rings. The molecule has 24 heavy (non-hydrogen) atoms. The van der Waals surface area contributed by atoms with Gasteiger partial charge in [0.25, 0.3) is 0 Å². The monoisotopic (exact) mass is 327 g/mol. The zero-order valence-corrected chi connectivity index (χ0v) is 13.8. The van der Waals surface area contributed by atoms with E-state index in [4.69, 9.17) is 10.5 Å². The predicted molar refractivity (Wildman–Crippen MR) is 90.4 cm³/mol. The lowest BCUT2D eigenvalue weighted by Crippen LogP contribution is -2.12. The summed E-state index contributed by atoms with van der Waals surface area (Å²) in [5.41, 5.74) is 7.80. The molecule has 1 aliphatic carbocycles. The van der Waals surface area contributed by atoms with Crippen molar-refractivity contribution >= 4 is 23.6 Å². The van der Waals surface area contributed by atoms with Crippen molar-refractivity contribution < 1.29 is 9.53 Å². The van der Waals surface area contributed by atoms with E-state index in [9.17, 15) is 4.79 Å². The minimum Gasteiger partial charge on any atom is -0.457 e. The lowest BCUT2D eigenvalue weighted by atomic mass is 10.1. The largest absolute Gasteiger partial charge is 0.457 e. The number of aryl methyl sites for hydroxylation is 1. The molecule has 0 unspecified atom stereocenters. The highest BCUT2D eigenvalue weighted by atomic mass is 16.5. The number of nitrogen functional groups attached to an aromatic ring is 1. The first-order valence-corrected chi connectivity index (χ1v) is 8.08. The van der Waals surface area contributed by atoms with Gasteiger partial charge in [0.05, 0.1) is 5.92 Å². The normalized spacial score (nSPS) is 18.9. The number of benzene rings is 1. The Hall–Kier alpha value is -2.70. The van der Waals surface area contributed by atoms with Crippen LogP contribution in [0.3, 0.4) is 0 Å². The number of esters is 1. The number of nitrogens with two attached hydrogens (primary N) is 1. The van der Waals surface area contributed by atoms with Gasteiger partial charge < -0.3 is 15.8 Å². The molecule has 0 aliphatic heterocycles. The molecule has 0 saturated heterocycles. The van der Waals surface area contributed by atoms with Crippen LogP contribution in [-0.4, -0.2) is 20.9 Å². The van der Waals surface area contributed by atoms with E-state index in [1.165, 1.54) is 0 Å². The number of rotatable bonds is 6. The Bertz CT molecular complexity index is 750. The van der Waals surface area contributed by atoms with Gasteiger partial charge in [0.15, 0.2) is 12.4 Å². The second-order valence-corrected chi connectivity index (χ2v) is 6.00. The van der Waals surface area contributed by atoms with E-state index < -0.39 is 0 Å². The summed E-state index contributed by atoms with van der Waals surface area (Å²) >= 11 is 0. The molecule has 0 radical (unpaired) electrons. The van der Waals surface area contributed by atoms with E-state index in [1.807, 2.05) is 31.2 Å². The molecule has 1 aliphatic rings. The van der Waals surface area contributed by atoms with Crippen LogP contribution in [-0.2, 0) is 22.6 Å². The van der Waals surface area contributed by atoms with E-state index >= 15 is 0 Å². The van der Waals surface area contributed by atoms with Crippen LogP contribution in [0.15, 0.2) is 24.3 Å². The van der Waals surface area contributed by atoms with Crippen LogP contribution in [0.5, 0.6) is 0 Å². The van der Waals surface area contributed by atoms with E-state index in [2.05, 4.69) is 27.2 Å². The maximum absolute atomic E-state index is 11.8. The summed E-state index contributed by atoms with van der Waals surface area (Å²) in [4.78, 5) is 24.2. The Kier molecular flexibility index (Phi) is 4.59. The van der Waals surface area contributed by atoms with Crippen LogP contribution in [0.4, 0.5) is 17.6 Å². The molecule has 3 rings (SSSR count). The lowest BCUT2D eigenvalue weighted by Gasteiger charge is -2.10. The van der Waals surface area contributed by atoms with Crippen molar-refractivity contribution in [2.75, 3.05) is 11.1 Å². The first-order chi connectivity index (χ1) is 11.6. The van der Waals surface area contributed by atoms with Crippen molar-refractivity contribution in [2.45, 2.75) is 33.3 Å². The van der Waals surface area contributed by atoms with Gasteiger partial charge in [0, 0.05) is 5.69 Å². The van der Waals surface area contributed by atoms with Crippen LogP contribution in [0.1, 0.15) is 31.7 Å². The number of ether oxygens (including phenoxy) is 1. The molecule has 1 heterocycles. The Morgan fingerprint density at radius 2 is 2.08 bits per heavy atom. The van der Waals surface area contributed by atoms with Crippen molar-refractivity contribution in [2.24, 2.45) is 11.8 Å². The van der Waals surface area contributed by atoms with Crippen molar-refractivity contribution in [1.29, 1.82) is 0 Å². The Morgan fingerprint density at radius 1 is 1.33 bits per heavy atom. The van der Waals surface area contributed by atoms with Crippen LogP contribution >= 0.6 is 0 Å². The van der Waals surface area contributed by atoms with Crippen LogP contribution in [0, 0.1) is 11.8 Å². The van der Waals surface area contributed by atoms with Gasteiger partial charge in [0.1, 0.15) is 0 Å². The number of aromatic nitrogens is 3. The molecule has 126 valence electrons. The summed E-state index contributed by atoms with van der Waals surface area (Å²) in [7, 11) is 0. The van der Waals surface area contributed by atoms with Gasteiger partial charge in [-0.25, -0.2) is 0 Å². The molecule has 2 aromatic rings. The molecule has 1 aromatic carbocycles. The van der Waals surface area contributed by atoms with E-state index in [1.54, 1.807) is 0 Å². The lowest BCUT2D eigenvalue weighted by molar-refractivity contribution is -0.147. The maximum atomic E-state index is 11.8. The van der Waals surface area contributed by atoms with Gasteiger partial charge in [0.2, 0.25) is 11.9 Å². The van der Waals surface area contributed by atoms with Gasteiger partial charge in [-0.2, -0.15) is 15.0 Å². The molecular weight excluding hydrogens is 306 g/mol. The van der Waals surface area contributed by atoms with Crippen LogP contribution in [0.25, 0.3) is 0 Å². The standard InChI is InChI=1S/C17H21N5O2/c1-3-11-6-4-5-7-13(11)19-17-21-14(20-16(18)22-17)9-24-15(23)12-8-10(12)2/h4-7,10,12H,3,8-9H2,1-2H3,(H3,18,19,20,21,22)/t10-,12+/m0/s1. The molecule has 0 spiro atoms. The molecule has 0 amide bonds. The molecule has 7 heteroatoms. The van der Waals surface area contributed by atoms with E-state index in [0.29, 0.717) is 17.7 Å². The summed E-state index contributed by atoms with van der Waals surface area (Å²) in [5.74, 6) is 0.983. The van der Waals surface area contributed by atoms with E-state index in [0.717, 1.165) is 24.1 Å².